The van der Waals surface area contributed by atoms with Gasteiger partial charge in [-0.05, 0) is 53.5 Å². The average molecular weight is 533 g/mol. The molecular weight excluding hydrogens is 500 g/mol. The Balaban J connectivity index is 2.14. The van der Waals surface area contributed by atoms with Crippen LogP contribution in [0, 0.1) is 6.92 Å². The topological polar surface area (TPSA) is 87.5 Å². The normalized spacial score (nSPS) is 12.0. The molecule has 3 aromatic rings. The molecule has 0 fully saturated rings. The van der Waals surface area contributed by atoms with Gasteiger partial charge in [-0.3, -0.25) is 9.36 Å². The number of benzene rings is 2. The van der Waals surface area contributed by atoms with E-state index in [1.807, 2.05) is 39.8 Å². The Hall–Kier alpha value is -2.84. The van der Waals surface area contributed by atoms with Crippen LogP contribution in [0.15, 0.2) is 46.1 Å². The van der Waals surface area contributed by atoms with Crippen LogP contribution in [0.25, 0.3) is 5.69 Å². The fraction of sp³-hybridized carbons (Fsp3) is 0.407. The molecule has 2 aromatic carbocycles. The first-order valence-corrected chi connectivity index (χ1v) is 13.6. The summed E-state index contributed by atoms with van der Waals surface area (Å²) in [6.07, 6.45) is 0. The second kappa shape index (κ2) is 10.6. The predicted octanol–water partition coefficient (Wildman–Crippen LogP) is 6.34. The lowest BCUT2D eigenvalue weighted by atomic mass is 9.89. The molecule has 0 aliphatic carbocycles. The Morgan fingerprint density at radius 3 is 2.00 bits per heavy atom. The highest BCUT2D eigenvalue weighted by molar-refractivity contribution is 7.87. The van der Waals surface area contributed by atoms with Crippen LogP contribution in [-0.2, 0) is 10.1 Å². The summed E-state index contributed by atoms with van der Waals surface area (Å²) in [5.41, 5.74) is 2.25. The lowest BCUT2D eigenvalue weighted by Crippen LogP contribution is -2.24. The minimum absolute atomic E-state index is 0.0625. The Kier molecular flexibility index (Phi) is 8.20. The number of rotatable bonds is 8. The first kappa shape index (κ1) is 27.7. The molecule has 0 saturated heterocycles. The molecule has 7 nitrogen and oxygen atoms in total. The molecule has 0 radical (unpaired) electrons. The highest BCUT2D eigenvalue weighted by atomic mass is 35.5. The van der Waals surface area contributed by atoms with Crippen LogP contribution < -0.4 is 14.5 Å². The van der Waals surface area contributed by atoms with Gasteiger partial charge in [0.1, 0.15) is 21.5 Å². The maximum atomic E-state index is 13.6. The fourth-order valence-electron chi connectivity index (χ4n) is 4.07. The summed E-state index contributed by atoms with van der Waals surface area (Å²) in [6, 6.07) is 9.93. The molecule has 1 aromatic heterocycles. The van der Waals surface area contributed by atoms with Gasteiger partial charge in [0.25, 0.3) is 5.56 Å². The third-order valence-corrected chi connectivity index (χ3v) is 7.73. The van der Waals surface area contributed by atoms with E-state index in [2.05, 4.69) is 18.8 Å². The third-order valence-electron chi connectivity index (χ3n) is 5.99. The second-order valence-electron chi connectivity index (χ2n) is 9.64. The van der Waals surface area contributed by atoms with E-state index in [1.165, 1.54) is 11.7 Å². The number of aromatic nitrogens is 2. The predicted molar refractivity (Wildman–Crippen MR) is 143 cm³/mol. The van der Waals surface area contributed by atoms with Crippen molar-refractivity contribution in [3.05, 3.63) is 74.3 Å². The Morgan fingerprint density at radius 2 is 1.53 bits per heavy atom. The van der Waals surface area contributed by atoms with Crippen molar-refractivity contribution in [1.29, 1.82) is 0 Å². The average Bonchev–Trinajstić information content (AvgIpc) is 2.78. The van der Waals surface area contributed by atoms with Crippen molar-refractivity contribution in [2.75, 3.05) is 7.11 Å². The van der Waals surface area contributed by atoms with Crippen molar-refractivity contribution in [2.45, 2.75) is 71.1 Å². The molecule has 0 aliphatic heterocycles. The number of halogens is 1. The summed E-state index contributed by atoms with van der Waals surface area (Å²) in [6.45, 7) is 13.5. The van der Waals surface area contributed by atoms with E-state index >= 15 is 0 Å². The smallest absolute Gasteiger partial charge is 0.341 e. The maximum Gasteiger partial charge on any atom is 0.341 e. The first-order chi connectivity index (χ1) is 16.8. The molecule has 9 heteroatoms. The largest absolute Gasteiger partial charge is 0.495 e. The van der Waals surface area contributed by atoms with Gasteiger partial charge in [0.2, 0.25) is 5.88 Å². The van der Waals surface area contributed by atoms with Crippen LogP contribution in [0.1, 0.15) is 81.8 Å². The van der Waals surface area contributed by atoms with Crippen molar-refractivity contribution in [3.63, 3.8) is 0 Å². The number of methoxy groups -OCH3 is 1. The van der Waals surface area contributed by atoms with Gasteiger partial charge < -0.3 is 8.92 Å². The van der Waals surface area contributed by atoms with Crippen molar-refractivity contribution < 1.29 is 17.3 Å². The minimum atomic E-state index is -4.29. The van der Waals surface area contributed by atoms with Gasteiger partial charge in [-0.1, -0.05) is 71.3 Å². The molecule has 0 N–H and O–H groups in total. The number of hydrogen-bond donors (Lipinski definition) is 0. The van der Waals surface area contributed by atoms with Crippen LogP contribution in [0.5, 0.6) is 11.6 Å². The van der Waals surface area contributed by atoms with Crippen LogP contribution in [0.4, 0.5) is 0 Å². The highest BCUT2D eigenvalue weighted by Crippen LogP contribution is 2.36. The quantitative estimate of drug-likeness (QED) is 0.314. The number of ether oxygens (including phenoxy) is 1. The summed E-state index contributed by atoms with van der Waals surface area (Å²) in [5, 5.41) is 0.238. The van der Waals surface area contributed by atoms with E-state index < -0.39 is 15.7 Å². The van der Waals surface area contributed by atoms with E-state index in [0.717, 1.165) is 11.6 Å². The van der Waals surface area contributed by atoms with Crippen LogP contribution in [0.3, 0.4) is 0 Å². The molecule has 3 rings (SSSR count). The monoisotopic (exact) mass is 532 g/mol. The number of hydrogen-bond acceptors (Lipinski definition) is 6. The first-order valence-electron chi connectivity index (χ1n) is 11.8. The molecule has 1 heterocycles. The van der Waals surface area contributed by atoms with Crippen molar-refractivity contribution in [2.24, 2.45) is 0 Å². The van der Waals surface area contributed by atoms with Crippen LogP contribution >= 0.6 is 11.6 Å². The molecule has 194 valence electrons. The standard InChI is InChI=1S/C27H33ClN2O5S/c1-15(2)19-12-20(16(3)4)27(21(13-19)17(5)6)36(32,33)35-24-14-25(31)30(18(7)29-24)22-10-9-11-23(34-8)26(22)28/h9-17H,1-8H3. The zero-order valence-electron chi connectivity index (χ0n) is 21.9. The van der Waals surface area contributed by atoms with E-state index in [4.69, 9.17) is 20.5 Å². The Labute approximate surface area is 218 Å². The van der Waals surface area contributed by atoms with Gasteiger partial charge >= 0.3 is 10.1 Å². The van der Waals surface area contributed by atoms with Gasteiger partial charge in [0.15, 0.2) is 0 Å². The molecule has 36 heavy (non-hydrogen) atoms. The van der Waals surface area contributed by atoms with Crippen LogP contribution in [-0.4, -0.2) is 25.1 Å². The molecule has 0 spiro atoms. The van der Waals surface area contributed by atoms with Gasteiger partial charge in [-0.2, -0.15) is 13.4 Å². The van der Waals surface area contributed by atoms with E-state index in [-0.39, 0.29) is 39.4 Å². The van der Waals surface area contributed by atoms with Gasteiger partial charge in [-0.15, -0.1) is 0 Å². The lowest BCUT2D eigenvalue weighted by molar-refractivity contribution is 0.415. The zero-order chi connectivity index (χ0) is 26.9. The van der Waals surface area contributed by atoms with E-state index in [1.54, 1.807) is 25.1 Å². The van der Waals surface area contributed by atoms with E-state index in [9.17, 15) is 13.2 Å². The Morgan fingerprint density at radius 1 is 0.944 bits per heavy atom. The molecule has 0 bridgehead atoms. The summed E-state index contributed by atoms with van der Waals surface area (Å²) in [5.74, 6) is 0.421. The lowest BCUT2D eigenvalue weighted by Gasteiger charge is -2.22. The summed E-state index contributed by atoms with van der Waals surface area (Å²) in [7, 11) is -2.82. The molecule has 0 amide bonds. The third kappa shape index (κ3) is 5.44. The van der Waals surface area contributed by atoms with Crippen LogP contribution in [0.2, 0.25) is 5.02 Å². The molecule has 0 unspecified atom stereocenters. The fourth-order valence-corrected chi connectivity index (χ4v) is 5.92. The van der Waals surface area contributed by atoms with Crippen molar-refractivity contribution >= 4 is 21.7 Å². The summed E-state index contributed by atoms with van der Waals surface area (Å²) >= 11 is 6.40. The van der Waals surface area contributed by atoms with E-state index in [0.29, 0.717) is 22.6 Å². The summed E-state index contributed by atoms with van der Waals surface area (Å²) < 4.78 is 39.3. The maximum absolute atomic E-state index is 13.6. The van der Waals surface area contributed by atoms with Gasteiger partial charge in [-0.25, -0.2) is 0 Å². The second-order valence-corrected chi connectivity index (χ2v) is 11.5. The summed E-state index contributed by atoms with van der Waals surface area (Å²) in [4.78, 5) is 17.5. The SMILES string of the molecule is COc1cccc(-n2c(C)nc(OS(=O)(=O)c3c(C(C)C)cc(C(C)C)cc3C(C)C)cc2=O)c1Cl. The zero-order valence-corrected chi connectivity index (χ0v) is 23.5. The van der Waals surface area contributed by atoms with Gasteiger partial charge in [0, 0.05) is 0 Å². The molecule has 0 atom stereocenters. The van der Waals surface area contributed by atoms with Crippen molar-refractivity contribution in [3.8, 4) is 17.3 Å². The number of nitrogens with zero attached hydrogens (tertiary/aromatic N) is 2. The minimum Gasteiger partial charge on any atom is -0.495 e. The highest BCUT2D eigenvalue weighted by Gasteiger charge is 2.29. The van der Waals surface area contributed by atoms with Crippen molar-refractivity contribution in [1.82, 2.24) is 9.55 Å². The molecular formula is C27H33ClN2O5S. The number of aryl methyl sites for hydroxylation is 1. The van der Waals surface area contributed by atoms with Gasteiger partial charge in [0.05, 0.1) is 18.9 Å². The molecule has 0 saturated carbocycles. The Bertz CT molecular complexity index is 1410. The molecule has 0 aliphatic rings.